The Bertz CT molecular complexity index is 449. The highest BCUT2D eigenvalue weighted by Gasteiger charge is 2.09. The van der Waals surface area contributed by atoms with Crippen LogP contribution in [0, 0.1) is 0 Å². The summed E-state index contributed by atoms with van der Waals surface area (Å²) in [5, 5.41) is 0. The van der Waals surface area contributed by atoms with E-state index in [9.17, 15) is 0 Å². The molecule has 2 aromatic rings. The Balaban J connectivity index is 2.51. The second kappa shape index (κ2) is 4.04. The van der Waals surface area contributed by atoms with Gasteiger partial charge in [-0.1, -0.05) is 11.6 Å². The van der Waals surface area contributed by atoms with E-state index in [2.05, 4.69) is 32.4 Å². The van der Waals surface area contributed by atoms with Crippen LogP contribution in [-0.4, -0.2) is 9.55 Å². The molecular weight excluding hydrogens is 284 g/mol. The van der Waals surface area contributed by atoms with Crippen molar-refractivity contribution in [3.05, 3.63) is 27.4 Å². The Morgan fingerprint density at radius 1 is 1.57 bits per heavy atom. The first-order valence-electron chi connectivity index (χ1n) is 4.19. The number of halogens is 2. The van der Waals surface area contributed by atoms with Crippen LogP contribution in [-0.2, 0) is 6.54 Å². The smallest absolute Gasteiger partial charge is 0.177 e. The first-order valence-corrected chi connectivity index (χ1v) is 6.18. The molecule has 5 heteroatoms. The minimum absolute atomic E-state index is 0.806. The van der Waals surface area contributed by atoms with Crippen molar-refractivity contribution in [2.45, 2.75) is 13.5 Å². The van der Waals surface area contributed by atoms with Gasteiger partial charge in [-0.15, -0.1) is 11.3 Å². The van der Waals surface area contributed by atoms with Gasteiger partial charge in [0.25, 0.3) is 0 Å². The van der Waals surface area contributed by atoms with E-state index in [-0.39, 0.29) is 0 Å². The standard InChI is InChI=1S/C9H8BrClN2S/c1-2-13-6(5-12-9(13)10)7-3-4-8(11)14-7/h3-5H,2H2,1H3. The Kier molecular flexibility index (Phi) is 2.95. The number of nitrogens with zero attached hydrogens (tertiary/aromatic N) is 2. The van der Waals surface area contributed by atoms with Gasteiger partial charge in [0.15, 0.2) is 4.73 Å². The number of hydrogen-bond donors (Lipinski definition) is 0. The highest BCUT2D eigenvalue weighted by atomic mass is 79.9. The molecule has 0 atom stereocenters. The van der Waals surface area contributed by atoms with Crippen molar-refractivity contribution in [2.75, 3.05) is 0 Å². The van der Waals surface area contributed by atoms with Crippen molar-refractivity contribution in [2.24, 2.45) is 0 Å². The summed E-state index contributed by atoms with van der Waals surface area (Å²) in [6.07, 6.45) is 1.86. The van der Waals surface area contributed by atoms with Crippen molar-refractivity contribution in [1.82, 2.24) is 9.55 Å². The van der Waals surface area contributed by atoms with E-state index in [0.717, 1.165) is 26.2 Å². The maximum atomic E-state index is 5.89. The third-order valence-electron chi connectivity index (χ3n) is 1.95. The summed E-state index contributed by atoms with van der Waals surface area (Å²) in [6, 6.07) is 3.92. The molecular formula is C9H8BrClN2S. The highest BCUT2D eigenvalue weighted by molar-refractivity contribution is 9.10. The lowest BCUT2D eigenvalue weighted by Crippen LogP contribution is -1.95. The van der Waals surface area contributed by atoms with Crippen molar-refractivity contribution >= 4 is 38.9 Å². The van der Waals surface area contributed by atoms with E-state index in [4.69, 9.17) is 11.6 Å². The third kappa shape index (κ3) is 1.74. The second-order valence-corrected chi connectivity index (χ2v) is 5.18. The Morgan fingerprint density at radius 2 is 2.36 bits per heavy atom. The first-order chi connectivity index (χ1) is 6.72. The average molecular weight is 292 g/mol. The van der Waals surface area contributed by atoms with Gasteiger partial charge in [-0.2, -0.15) is 0 Å². The topological polar surface area (TPSA) is 17.8 Å². The summed E-state index contributed by atoms with van der Waals surface area (Å²) in [4.78, 5) is 5.36. The predicted molar refractivity (Wildman–Crippen MR) is 63.9 cm³/mol. The summed E-state index contributed by atoms with van der Waals surface area (Å²) in [5.41, 5.74) is 1.11. The fourth-order valence-electron chi connectivity index (χ4n) is 1.30. The molecule has 0 aliphatic rings. The SMILES string of the molecule is CCn1c(-c2ccc(Cl)s2)cnc1Br. The van der Waals surface area contributed by atoms with Gasteiger partial charge >= 0.3 is 0 Å². The van der Waals surface area contributed by atoms with Gasteiger partial charge < -0.3 is 4.57 Å². The van der Waals surface area contributed by atoms with E-state index in [1.165, 1.54) is 0 Å². The zero-order valence-corrected chi connectivity index (χ0v) is 10.7. The van der Waals surface area contributed by atoms with Crippen LogP contribution in [0.2, 0.25) is 4.34 Å². The molecule has 14 heavy (non-hydrogen) atoms. The van der Waals surface area contributed by atoms with E-state index < -0.39 is 0 Å². The summed E-state index contributed by atoms with van der Waals surface area (Å²) < 4.78 is 3.77. The van der Waals surface area contributed by atoms with Crippen molar-refractivity contribution < 1.29 is 0 Å². The molecule has 0 saturated carbocycles. The van der Waals surface area contributed by atoms with E-state index in [1.807, 2.05) is 18.3 Å². The van der Waals surface area contributed by atoms with Crippen LogP contribution in [0.25, 0.3) is 10.6 Å². The maximum Gasteiger partial charge on any atom is 0.177 e. The number of rotatable bonds is 2. The lowest BCUT2D eigenvalue weighted by atomic mass is 10.3. The highest BCUT2D eigenvalue weighted by Crippen LogP contribution is 2.32. The molecule has 2 nitrogen and oxygen atoms in total. The molecule has 0 aromatic carbocycles. The van der Waals surface area contributed by atoms with Gasteiger partial charge in [0.1, 0.15) is 0 Å². The number of aromatic nitrogens is 2. The second-order valence-electron chi connectivity index (χ2n) is 2.76. The third-order valence-corrected chi connectivity index (χ3v) is 3.84. The molecule has 0 bridgehead atoms. The van der Waals surface area contributed by atoms with Crippen LogP contribution in [0.5, 0.6) is 0 Å². The average Bonchev–Trinajstić information content (AvgIpc) is 2.71. The number of hydrogen-bond acceptors (Lipinski definition) is 2. The fourth-order valence-corrected chi connectivity index (χ4v) is 2.91. The Hall–Kier alpha value is -0.320. The molecule has 0 fully saturated rings. The predicted octanol–water partition coefficient (Wildman–Crippen LogP) is 4.05. The van der Waals surface area contributed by atoms with Gasteiger partial charge in [-0.25, -0.2) is 4.98 Å². The lowest BCUT2D eigenvalue weighted by molar-refractivity contribution is 0.749. The van der Waals surface area contributed by atoms with Crippen LogP contribution in [0.4, 0.5) is 0 Å². The minimum Gasteiger partial charge on any atom is -0.318 e. The zero-order chi connectivity index (χ0) is 10.1. The van der Waals surface area contributed by atoms with Crippen molar-refractivity contribution in [1.29, 1.82) is 0 Å². The minimum atomic E-state index is 0.806. The van der Waals surface area contributed by atoms with Crippen LogP contribution in [0.15, 0.2) is 23.1 Å². The Labute approximate surface area is 99.7 Å². The van der Waals surface area contributed by atoms with Crippen LogP contribution >= 0.6 is 38.9 Å². The Morgan fingerprint density at radius 3 is 2.93 bits per heavy atom. The molecule has 0 saturated heterocycles. The fraction of sp³-hybridized carbons (Fsp3) is 0.222. The van der Waals surface area contributed by atoms with Crippen LogP contribution in [0.1, 0.15) is 6.92 Å². The molecule has 2 aromatic heterocycles. The van der Waals surface area contributed by atoms with Crippen molar-refractivity contribution in [3.8, 4) is 10.6 Å². The van der Waals surface area contributed by atoms with E-state index in [0.29, 0.717) is 0 Å². The molecule has 0 aliphatic carbocycles. The molecule has 2 heterocycles. The summed E-state index contributed by atoms with van der Waals surface area (Å²) >= 11 is 10.9. The zero-order valence-electron chi connectivity index (χ0n) is 7.50. The summed E-state index contributed by atoms with van der Waals surface area (Å²) in [5.74, 6) is 0. The molecule has 0 unspecified atom stereocenters. The molecule has 0 spiro atoms. The molecule has 0 aliphatic heterocycles. The summed E-state index contributed by atoms with van der Waals surface area (Å²) in [6.45, 7) is 2.98. The maximum absolute atomic E-state index is 5.89. The summed E-state index contributed by atoms with van der Waals surface area (Å²) in [7, 11) is 0. The number of imidazole rings is 1. The largest absolute Gasteiger partial charge is 0.318 e. The van der Waals surface area contributed by atoms with E-state index in [1.54, 1.807) is 11.3 Å². The van der Waals surface area contributed by atoms with Gasteiger partial charge in [-0.05, 0) is 35.0 Å². The number of thiophene rings is 1. The molecule has 0 radical (unpaired) electrons. The van der Waals surface area contributed by atoms with Crippen molar-refractivity contribution in [3.63, 3.8) is 0 Å². The van der Waals surface area contributed by atoms with Gasteiger partial charge in [-0.3, -0.25) is 0 Å². The van der Waals surface area contributed by atoms with Gasteiger partial charge in [0.2, 0.25) is 0 Å². The van der Waals surface area contributed by atoms with Gasteiger partial charge in [0.05, 0.1) is 21.1 Å². The first kappa shape index (κ1) is 10.2. The quantitative estimate of drug-likeness (QED) is 0.816. The van der Waals surface area contributed by atoms with Crippen LogP contribution < -0.4 is 0 Å². The normalized spacial score (nSPS) is 10.8. The molecule has 2 rings (SSSR count). The lowest BCUT2D eigenvalue weighted by Gasteiger charge is -2.03. The monoisotopic (exact) mass is 290 g/mol. The van der Waals surface area contributed by atoms with E-state index >= 15 is 0 Å². The van der Waals surface area contributed by atoms with Crippen LogP contribution in [0.3, 0.4) is 0 Å². The molecule has 74 valence electrons. The van der Waals surface area contributed by atoms with Gasteiger partial charge in [0, 0.05) is 6.54 Å². The molecule has 0 amide bonds. The molecule has 0 N–H and O–H groups in total.